The van der Waals surface area contributed by atoms with E-state index in [9.17, 15) is 18.0 Å². The summed E-state index contributed by atoms with van der Waals surface area (Å²) in [6, 6.07) is 22.0. The van der Waals surface area contributed by atoms with Crippen molar-refractivity contribution in [2.24, 2.45) is 0 Å². The van der Waals surface area contributed by atoms with Crippen molar-refractivity contribution in [3.63, 3.8) is 0 Å². The van der Waals surface area contributed by atoms with E-state index < -0.39 is 10.0 Å². The summed E-state index contributed by atoms with van der Waals surface area (Å²) in [7, 11) is -2.14. The van der Waals surface area contributed by atoms with Gasteiger partial charge in [-0.15, -0.1) is 0 Å². The molecule has 7 nitrogen and oxygen atoms in total. The molecule has 172 valence electrons. The molecule has 8 heteroatoms. The number of nitrogens with zero attached hydrogens (tertiary/aromatic N) is 1. The maximum Gasteiger partial charge on any atom is 0.255 e. The molecule has 0 unspecified atom stereocenters. The predicted octanol–water partition coefficient (Wildman–Crippen LogP) is 4.50. The van der Waals surface area contributed by atoms with Gasteiger partial charge >= 0.3 is 0 Å². The Morgan fingerprint density at radius 2 is 1.55 bits per heavy atom. The molecule has 0 aliphatic carbocycles. The highest BCUT2D eigenvalue weighted by Crippen LogP contribution is 2.20. The van der Waals surface area contributed by atoms with E-state index in [2.05, 4.69) is 10.6 Å². The first-order chi connectivity index (χ1) is 15.8. The summed E-state index contributed by atoms with van der Waals surface area (Å²) in [6.45, 7) is 2.17. The molecule has 3 aromatic carbocycles. The van der Waals surface area contributed by atoms with Gasteiger partial charge in [-0.1, -0.05) is 43.3 Å². The molecule has 0 aliphatic heterocycles. The Hall–Kier alpha value is -3.49. The fraction of sp³-hybridized carbons (Fsp3) is 0.200. The summed E-state index contributed by atoms with van der Waals surface area (Å²) in [4.78, 5) is 24.5. The van der Waals surface area contributed by atoms with E-state index in [0.29, 0.717) is 23.4 Å². The number of rotatable bonds is 9. The van der Waals surface area contributed by atoms with Gasteiger partial charge in [0.05, 0.1) is 4.90 Å². The monoisotopic (exact) mass is 465 g/mol. The summed E-state index contributed by atoms with van der Waals surface area (Å²) < 4.78 is 27.0. The molecule has 3 aromatic rings. The van der Waals surface area contributed by atoms with E-state index in [0.717, 1.165) is 12.0 Å². The largest absolute Gasteiger partial charge is 0.326 e. The number of sulfonamides is 1. The van der Waals surface area contributed by atoms with Crippen LogP contribution in [0.3, 0.4) is 0 Å². The minimum Gasteiger partial charge on any atom is -0.326 e. The van der Waals surface area contributed by atoms with Gasteiger partial charge in [-0.3, -0.25) is 9.59 Å². The van der Waals surface area contributed by atoms with Gasteiger partial charge in [0.25, 0.3) is 5.91 Å². The highest BCUT2D eigenvalue weighted by molar-refractivity contribution is 7.89. The lowest BCUT2D eigenvalue weighted by molar-refractivity contribution is -0.116. The minimum atomic E-state index is -3.68. The van der Waals surface area contributed by atoms with Crippen LogP contribution in [0.5, 0.6) is 0 Å². The average molecular weight is 466 g/mol. The van der Waals surface area contributed by atoms with Crippen LogP contribution >= 0.6 is 0 Å². The number of hydrogen-bond donors (Lipinski definition) is 2. The molecule has 0 saturated heterocycles. The fourth-order valence-electron chi connectivity index (χ4n) is 3.21. The molecule has 0 radical (unpaired) electrons. The summed E-state index contributed by atoms with van der Waals surface area (Å²) in [5, 5.41) is 5.52. The lowest BCUT2D eigenvalue weighted by atomic mass is 10.1. The molecule has 0 fully saturated rings. The fourth-order valence-corrected chi connectivity index (χ4v) is 4.37. The van der Waals surface area contributed by atoms with Crippen molar-refractivity contribution in [3.8, 4) is 0 Å². The Kier molecular flexibility index (Phi) is 7.97. The smallest absolute Gasteiger partial charge is 0.255 e. The van der Waals surface area contributed by atoms with E-state index >= 15 is 0 Å². The third kappa shape index (κ3) is 6.50. The van der Waals surface area contributed by atoms with Crippen molar-refractivity contribution in [1.29, 1.82) is 0 Å². The summed E-state index contributed by atoms with van der Waals surface area (Å²) >= 11 is 0. The highest BCUT2D eigenvalue weighted by Gasteiger charge is 2.21. The maximum atomic E-state index is 12.9. The molecule has 0 spiro atoms. The minimum absolute atomic E-state index is 0.107. The third-order valence-electron chi connectivity index (χ3n) is 4.95. The lowest BCUT2D eigenvalue weighted by Gasteiger charge is -2.17. The average Bonchev–Trinajstić information content (AvgIpc) is 2.80. The quantitative estimate of drug-likeness (QED) is 0.486. The molecule has 33 heavy (non-hydrogen) atoms. The van der Waals surface area contributed by atoms with Crippen molar-refractivity contribution >= 4 is 33.2 Å². The van der Waals surface area contributed by atoms with Gasteiger partial charge in [-0.05, 0) is 54.4 Å². The van der Waals surface area contributed by atoms with Crippen LogP contribution in [0.2, 0.25) is 0 Å². The highest BCUT2D eigenvalue weighted by atomic mass is 32.2. The van der Waals surface area contributed by atoms with Crippen LogP contribution in [0.25, 0.3) is 0 Å². The predicted molar refractivity (Wildman–Crippen MR) is 129 cm³/mol. The van der Waals surface area contributed by atoms with Gasteiger partial charge in [0.15, 0.2) is 0 Å². The van der Waals surface area contributed by atoms with Crippen LogP contribution in [0.15, 0.2) is 83.8 Å². The van der Waals surface area contributed by atoms with Crippen molar-refractivity contribution < 1.29 is 18.0 Å². The molecule has 0 heterocycles. The normalized spacial score (nSPS) is 11.2. The van der Waals surface area contributed by atoms with Gasteiger partial charge in [0.1, 0.15) is 0 Å². The van der Waals surface area contributed by atoms with Gasteiger partial charge in [0, 0.05) is 37.0 Å². The number of anilines is 2. The molecule has 0 atom stereocenters. The van der Waals surface area contributed by atoms with Gasteiger partial charge in [-0.25, -0.2) is 8.42 Å². The third-order valence-corrected chi connectivity index (χ3v) is 6.77. The second kappa shape index (κ2) is 10.9. The molecule has 0 aromatic heterocycles. The molecule has 0 bridgehead atoms. The van der Waals surface area contributed by atoms with Crippen LogP contribution in [0, 0.1) is 0 Å². The second-order valence-corrected chi connectivity index (χ2v) is 9.65. The Labute approximate surface area is 194 Å². The standard InChI is InChI=1S/C25H27N3O4S/c1-3-8-24(29)26-22-12-7-11-20(17-22)25(30)27-21-13-15-23(16-14-21)33(31,32)28(2)18-19-9-5-4-6-10-19/h4-7,9-17H,3,8,18H2,1-2H3,(H,26,29)(H,27,30). The Morgan fingerprint density at radius 1 is 0.848 bits per heavy atom. The molecule has 3 rings (SSSR count). The van der Waals surface area contributed by atoms with Crippen LogP contribution in [0.4, 0.5) is 11.4 Å². The molecular weight excluding hydrogens is 438 g/mol. The van der Waals surface area contributed by atoms with Gasteiger partial charge in [0.2, 0.25) is 15.9 Å². The zero-order chi connectivity index (χ0) is 23.8. The SMILES string of the molecule is CCCC(=O)Nc1cccc(C(=O)Nc2ccc(S(=O)(=O)N(C)Cc3ccccc3)cc2)c1. The number of benzene rings is 3. The van der Waals surface area contributed by atoms with Crippen LogP contribution in [0.1, 0.15) is 35.7 Å². The van der Waals surface area contributed by atoms with E-state index in [1.54, 1.807) is 36.4 Å². The molecule has 2 amide bonds. The number of nitrogens with one attached hydrogen (secondary N) is 2. The molecular formula is C25H27N3O4S. The zero-order valence-electron chi connectivity index (χ0n) is 18.6. The number of carbonyl (C=O) groups excluding carboxylic acids is 2. The Bertz CT molecular complexity index is 1210. The van der Waals surface area contributed by atoms with Gasteiger partial charge in [-0.2, -0.15) is 4.31 Å². The van der Waals surface area contributed by atoms with Crippen molar-refractivity contribution in [2.75, 3.05) is 17.7 Å². The first kappa shape index (κ1) is 24.2. The van der Waals surface area contributed by atoms with Crippen LogP contribution < -0.4 is 10.6 Å². The first-order valence-corrected chi connectivity index (χ1v) is 12.0. The lowest BCUT2D eigenvalue weighted by Crippen LogP contribution is -2.26. The number of amides is 2. The first-order valence-electron chi connectivity index (χ1n) is 10.6. The van der Waals surface area contributed by atoms with Crippen molar-refractivity contribution in [3.05, 3.63) is 90.0 Å². The van der Waals surface area contributed by atoms with E-state index in [1.807, 2.05) is 37.3 Å². The molecule has 0 aliphatic rings. The van der Waals surface area contributed by atoms with E-state index in [1.165, 1.54) is 23.5 Å². The number of hydrogen-bond acceptors (Lipinski definition) is 4. The van der Waals surface area contributed by atoms with Crippen LogP contribution in [-0.2, 0) is 21.4 Å². The molecule has 2 N–H and O–H groups in total. The maximum absolute atomic E-state index is 12.9. The van der Waals surface area contributed by atoms with Crippen LogP contribution in [-0.4, -0.2) is 31.6 Å². The second-order valence-electron chi connectivity index (χ2n) is 7.60. The summed E-state index contributed by atoms with van der Waals surface area (Å²) in [5.74, 6) is -0.470. The van der Waals surface area contributed by atoms with E-state index in [4.69, 9.17) is 0 Å². The zero-order valence-corrected chi connectivity index (χ0v) is 19.4. The van der Waals surface area contributed by atoms with Gasteiger partial charge < -0.3 is 10.6 Å². The summed E-state index contributed by atoms with van der Waals surface area (Å²) in [5.41, 5.74) is 2.28. The number of carbonyl (C=O) groups is 2. The van der Waals surface area contributed by atoms with E-state index in [-0.39, 0.29) is 23.3 Å². The molecule has 0 saturated carbocycles. The Balaban J connectivity index is 1.66. The summed E-state index contributed by atoms with van der Waals surface area (Å²) in [6.07, 6.45) is 1.14. The Morgan fingerprint density at radius 3 is 2.21 bits per heavy atom. The van der Waals surface area contributed by atoms with Crippen molar-refractivity contribution in [2.45, 2.75) is 31.2 Å². The van der Waals surface area contributed by atoms with Crippen molar-refractivity contribution in [1.82, 2.24) is 4.31 Å². The topological polar surface area (TPSA) is 95.6 Å².